The Hall–Kier alpha value is -2.43. The predicted octanol–water partition coefficient (Wildman–Crippen LogP) is 3.87. The standard InChI is InChI=1S/C19H19Cl2N3O4/c20-9-14(10-21)28-18-15(8-12(11-22)19(25)26)24-7-3-6-16(17(24)23-18)27-13-4-1-2-5-13/h3,6-8,13-14H,1-2,4-5,9-10H2,(H,25,26)/b12-8-. The highest BCUT2D eigenvalue weighted by Gasteiger charge is 2.23. The number of aromatic nitrogens is 2. The maximum atomic E-state index is 11.3. The molecule has 1 fully saturated rings. The number of ether oxygens (including phenoxy) is 2. The average Bonchev–Trinajstić information content (AvgIpc) is 3.32. The molecule has 0 aromatic carbocycles. The van der Waals surface area contributed by atoms with E-state index in [-0.39, 0.29) is 23.7 Å². The van der Waals surface area contributed by atoms with Crippen molar-refractivity contribution in [3.05, 3.63) is 29.6 Å². The number of nitrogens with zero attached hydrogens (tertiary/aromatic N) is 3. The Balaban J connectivity index is 2.11. The van der Waals surface area contributed by atoms with Crippen molar-refractivity contribution < 1.29 is 19.4 Å². The van der Waals surface area contributed by atoms with Crippen molar-refractivity contribution in [2.45, 2.75) is 37.9 Å². The van der Waals surface area contributed by atoms with Crippen molar-refractivity contribution in [2.75, 3.05) is 11.8 Å². The zero-order valence-electron chi connectivity index (χ0n) is 15.0. The van der Waals surface area contributed by atoms with Crippen molar-refractivity contribution >= 4 is 40.9 Å². The van der Waals surface area contributed by atoms with Crippen LogP contribution in [0.25, 0.3) is 11.7 Å². The topological polar surface area (TPSA) is 96.9 Å². The lowest BCUT2D eigenvalue weighted by Gasteiger charge is -2.13. The molecule has 0 aliphatic heterocycles. The van der Waals surface area contributed by atoms with Gasteiger partial charge in [-0.1, -0.05) is 0 Å². The molecule has 1 saturated carbocycles. The highest BCUT2D eigenvalue weighted by atomic mass is 35.5. The Morgan fingerprint density at radius 3 is 2.75 bits per heavy atom. The first-order valence-electron chi connectivity index (χ1n) is 8.88. The van der Waals surface area contributed by atoms with Crippen LogP contribution in [0.1, 0.15) is 31.4 Å². The molecule has 9 heteroatoms. The van der Waals surface area contributed by atoms with E-state index in [9.17, 15) is 9.90 Å². The molecule has 0 bridgehead atoms. The molecule has 2 aromatic rings. The molecular weight excluding hydrogens is 405 g/mol. The number of hydrogen-bond donors (Lipinski definition) is 1. The number of carbonyl (C=O) groups is 1. The van der Waals surface area contributed by atoms with Crippen molar-refractivity contribution in [1.29, 1.82) is 5.26 Å². The lowest BCUT2D eigenvalue weighted by atomic mass is 10.2. The van der Waals surface area contributed by atoms with Crippen molar-refractivity contribution in [3.63, 3.8) is 0 Å². The molecule has 2 heterocycles. The Kier molecular flexibility index (Phi) is 6.65. The van der Waals surface area contributed by atoms with E-state index in [2.05, 4.69) is 4.98 Å². The van der Waals surface area contributed by atoms with Crippen LogP contribution in [0.15, 0.2) is 23.9 Å². The summed E-state index contributed by atoms with van der Waals surface area (Å²) >= 11 is 11.7. The van der Waals surface area contributed by atoms with Crippen LogP contribution in [0.2, 0.25) is 0 Å². The van der Waals surface area contributed by atoms with Gasteiger partial charge in [0.25, 0.3) is 0 Å². The minimum absolute atomic E-state index is 0.124. The maximum absolute atomic E-state index is 11.3. The summed E-state index contributed by atoms with van der Waals surface area (Å²) in [6.07, 6.45) is 6.75. The summed E-state index contributed by atoms with van der Waals surface area (Å²) in [4.78, 5) is 15.8. The van der Waals surface area contributed by atoms with Crippen LogP contribution in [-0.4, -0.2) is 44.4 Å². The molecule has 148 valence electrons. The summed E-state index contributed by atoms with van der Waals surface area (Å²) in [5.41, 5.74) is 0.342. The van der Waals surface area contributed by atoms with Gasteiger partial charge in [-0.05, 0) is 43.9 Å². The molecule has 0 spiro atoms. The zero-order valence-corrected chi connectivity index (χ0v) is 16.5. The van der Waals surface area contributed by atoms with Gasteiger partial charge in [0.2, 0.25) is 5.88 Å². The number of alkyl halides is 2. The molecule has 2 aromatic heterocycles. The number of carboxylic acid groups (broad SMARTS) is 1. The van der Waals surface area contributed by atoms with Gasteiger partial charge in [0.05, 0.1) is 17.9 Å². The smallest absolute Gasteiger partial charge is 0.346 e. The minimum Gasteiger partial charge on any atom is -0.487 e. The zero-order chi connectivity index (χ0) is 20.1. The van der Waals surface area contributed by atoms with Gasteiger partial charge in [0.15, 0.2) is 11.4 Å². The van der Waals surface area contributed by atoms with E-state index in [1.807, 2.05) is 0 Å². The highest BCUT2D eigenvalue weighted by Crippen LogP contribution is 2.31. The van der Waals surface area contributed by atoms with Gasteiger partial charge in [0.1, 0.15) is 23.4 Å². The first kappa shape index (κ1) is 20.3. The molecule has 0 saturated heterocycles. The van der Waals surface area contributed by atoms with Gasteiger partial charge in [-0.2, -0.15) is 10.2 Å². The Labute approximate surface area is 172 Å². The van der Waals surface area contributed by atoms with E-state index < -0.39 is 17.6 Å². The number of rotatable bonds is 8. The van der Waals surface area contributed by atoms with Crippen LogP contribution >= 0.6 is 23.2 Å². The van der Waals surface area contributed by atoms with Crippen molar-refractivity contribution in [3.8, 4) is 17.7 Å². The van der Waals surface area contributed by atoms with Gasteiger partial charge in [0, 0.05) is 6.20 Å². The number of aliphatic carboxylic acids is 1. The Morgan fingerprint density at radius 2 is 2.14 bits per heavy atom. The van der Waals surface area contributed by atoms with Gasteiger partial charge < -0.3 is 14.6 Å². The number of imidazole rings is 1. The van der Waals surface area contributed by atoms with Gasteiger partial charge in [-0.15, -0.1) is 23.2 Å². The lowest BCUT2D eigenvalue weighted by molar-refractivity contribution is -0.132. The van der Waals surface area contributed by atoms with Crippen LogP contribution in [0.5, 0.6) is 11.6 Å². The average molecular weight is 424 g/mol. The molecule has 0 unspecified atom stereocenters. The molecule has 1 aliphatic rings. The van der Waals surface area contributed by atoms with E-state index in [0.29, 0.717) is 17.1 Å². The number of carboxylic acids is 1. The molecule has 7 nitrogen and oxygen atoms in total. The highest BCUT2D eigenvalue weighted by molar-refractivity contribution is 6.21. The molecule has 0 amide bonds. The number of halogens is 2. The fraction of sp³-hybridized carbons (Fsp3) is 0.421. The monoisotopic (exact) mass is 423 g/mol. The second-order valence-electron chi connectivity index (χ2n) is 6.42. The van der Waals surface area contributed by atoms with Gasteiger partial charge >= 0.3 is 5.97 Å². The summed E-state index contributed by atoms with van der Waals surface area (Å²) in [6, 6.07) is 5.25. The van der Waals surface area contributed by atoms with E-state index in [1.165, 1.54) is 6.08 Å². The third kappa shape index (κ3) is 4.34. The van der Waals surface area contributed by atoms with E-state index in [4.69, 9.17) is 37.9 Å². The normalized spacial score (nSPS) is 15.1. The predicted molar refractivity (Wildman–Crippen MR) is 105 cm³/mol. The Bertz CT molecular complexity index is 925. The van der Waals surface area contributed by atoms with Crippen LogP contribution < -0.4 is 9.47 Å². The van der Waals surface area contributed by atoms with Crippen LogP contribution in [0, 0.1) is 11.3 Å². The fourth-order valence-electron chi connectivity index (χ4n) is 3.08. The number of hydrogen-bond acceptors (Lipinski definition) is 5. The van der Waals surface area contributed by atoms with Crippen LogP contribution in [0.3, 0.4) is 0 Å². The molecule has 1 N–H and O–H groups in total. The minimum atomic E-state index is -1.34. The van der Waals surface area contributed by atoms with Crippen molar-refractivity contribution in [2.24, 2.45) is 0 Å². The third-order valence-corrected chi connectivity index (χ3v) is 5.16. The molecule has 28 heavy (non-hydrogen) atoms. The number of nitriles is 1. The summed E-state index contributed by atoms with van der Waals surface area (Å²) in [7, 11) is 0. The quantitative estimate of drug-likeness (QED) is 0.393. The van der Waals surface area contributed by atoms with E-state index >= 15 is 0 Å². The van der Waals surface area contributed by atoms with Crippen molar-refractivity contribution in [1.82, 2.24) is 9.38 Å². The largest absolute Gasteiger partial charge is 0.487 e. The van der Waals surface area contributed by atoms with Crippen LogP contribution in [0.4, 0.5) is 0 Å². The summed E-state index contributed by atoms with van der Waals surface area (Å²) in [6.45, 7) is 0. The number of pyridine rings is 1. The molecule has 3 rings (SSSR count). The molecule has 1 aliphatic carbocycles. The molecular formula is C19H19Cl2N3O4. The Morgan fingerprint density at radius 1 is 1.43 bits per heavy atom. The molecule has 0 atom stereocenters. The second kappa shape index (κ2) is 9.18. The summed E-state index contributed by atoms with van der Waals surface area (Å²) in [5.74, 6) is -0.358. The second-order valence-corrected chi connectivity index (χ2v) is 7.03. The number of fused-ring (bicyclic) bond motifs is 1. The van der Waals surface area contributed by atoms with E-state index in [0.717, 1.165) is 25.7 Å². The van der Waals surface area contributed by atoms with Gasteiger partial charge in [-0.3, -0.25) is 4.40 Å². The first-order valence-corrected chi connectivity index (χ1v) is 9.95. The summed E-state index contributed by atoms with van der Waals surface area (Å²) in [5, 5.41) is 18.4. The maximum Gasteiger partial charge on any atom is 0.346 e. The van der Waals surface area contributed by atoms with E-state index in [1.54, 1.807) is 28.8 Å². The van der Waals surface area contributed by atoms with Gasteiger partial charge in [-0.25, -0.2) is 4.79 Å². The first-order chi connectivity index (χ1) is 13.6. The SMILES string of the molecule is N#C/C(=C/c1c(OC(CCl)CCl)nc2c(OC3CCCC3)cccn12)C(=O)O. The third-order valence-electron chi connectivity index (χ3n) is 4.47. The van der Waals surface area contributed by atoms with Crippen LogP contribution in [-0.2, 0) is 4.79 Å². The lowest BCUT2D eigenvalue weighted by Crippen LogP contribution is -2.20. The summed E-state index contributed by atoms with van der Waals surface area (Å²) < 4.78 is 13.5. The molecule has 0 radical (unpaired) electrons. The fourth-order valence-corrected chi connectivity index (χ4v) is 3.53.